The van der Waals surface area contributed by atoms with E-state index in [0.717, 1.165) is 0 Å². The van der Waals surface area contributed by atoms with E-state index in [-0.39, 0.29) is 47.4 Å². The molecule has 0 unspecified atom stereocenters. The smallest absolute Gasteiger partial charge is 0.870 e. The van der Waals surface area contributed by atoms with Crippen LogP contribution in [0.5, 0.6) is 0 Å². The van der Waals surface area contributed by atoms with Gasteiger partial charge < -0.3 is 35.0 Å². The average molecular weight is 186 g/mol. The van der Waals surface area contributed by atoms with Gasteiger partial charge in [0.2, 0.25) is 0 Å². The molecule has 0 saturated carbocycles. The third-order valence-corrected chi connectivity index (χ3v) is 0. The van der Waals surface area contributed by atoms with E-state index in [4.69, 9.17) is 29.5 Å². The first-order valence-electron chi connectivity index (χ1n) is 1.26. The molecule has 7 N–H and O–H groups in total. The van der Waals surface area contributed by atoms with E-state index in [0.29, 0.717) is 0 Å². The molecule has 0 rings (SSSR count). The van der Waals surface area contributed by atoms with Gasteiger partial charge in [0.1, 0.15) is 0 Å². The van der Waals surface area contributed by atoms with Crippen LogP contribution in [-0.2, 0) is 0 Å². The molecule has 0 fully saturated rings. The maximum atomic E-state index is 7.19. The monoisotopic (exact) mass is 186 g/mol. The van der Waals surface area contributed by atoms with E-state index >= 15 is 0 Å². The van der Waals surface area contributed by atoms with Gasteiger partial charge >= 0.3 is 35.7 Å². The second-order valence-electron chi connectivity index (χ2n) is 0.682. The van der Waals surface area contributed by atoms with Crippen molar-refractivity contribution in [2.75, 3.05) is 0 Å². The van der Waals surface area contributed by atoms with E-state index in [9.17, 15) is 0 Å². The van der Waals surface area contributed by atoms with E-state index in [1.807, 2.05) is 0 Å². The van der Waals surface area contributed by atoms with Crippen LogP contribution in [0.25, 0.3) is 0 Å². The maximum absolute atomic E-state index is 7.19. The largest absolute Gasteiger partial charge is 1.00 e. The molecule has 0 atom stereocenters. The van der Waals surface area contributed by atoms with Gasteiger partial charge in [0.25, 0.3) is 0 Å². The fourth-order valence-electron chi connectivity index (χ4n) is 0. The molecule has 0 amide bonds. The molecular formula is CH7NaO7S. The van der Waals surface area contributed by atoms with Crippen LogP contribution < -0.4 is 29.6 Å². The van der Waals surface area contributed by atoms with Gasteiger partial charge in [-0.25, -0.2) is 0 Å². The van der Waals surface area contributed by atoms with Crippen molar-refractivity contribution >= 4 is 12.3 Å². The van der Waals surface area contributed by atoms with Crippen LogP contribution in [0.3, 0.4) is 0 Å². The molecule has 0 bridgehead atoms. The van der Waals surface area contributed by atoms with Gasteiger partial charge in [-0.1, -0.05) is 0 Å². The molecule has 0 spiro atoms. The molecule has 0 aromatic heterocycles. The zero-order valence-corrected chi connectivity index (χ0v) is 7.86. The summed E-state index contributed by atoms with van der Waals surface area (Å²) in [5, 5.41) is 28.8. The van der Waals surface area contributed by atoms with Gasteiger partial charge in [-0.05, 0) is 0 Å². The molecule has 0 saturated heterocycles. The predicted octanol–water partition coefficient (Wildman–Crippen LogP) is -4.94. The summed E-state index contributed by atoms with van der Waals surface area (Å²) in [5.74, 6) is 0. The summed E-state index contributed by atoms with van der Waals surface area (Å²) in [7, 11) is 0. The standard InChI is InChI=1S/CH4O4.Na.H2O2S.H2O/c2-1(3,4)5;;1-3-2;/h2-5H;;1-2H;1H2/q;+1;;/p-1. The Hall–Kier alpha value is 1.07. The Morgan fingerprint density at radius 2 is 0.900 bits per heavy atom. The van der Waals surface area contributed by atoms with Crippen molar-refractivity contribution in [3.63, 3.8) is 0 Å². The predicted molar refractivity (Wildman–Crippen MR) is 26.4 cm³/mol. The first-order chi connectivity index (χ1) is 3.41. The van der Waals surface area contributed by atoms with Crippen LogP contribution in [0.15, 0.2) is 0 Å². The first kappa shape index (κ1) is 22.5. The zero-order chi connectivity index (χ0) is 7.21. The number of hydrogen-bond acceptors (Lipinski definition) is 8. The molecule has 0 aliphatic carbocycles. The summed E-state index contributed by atoms with van der Waals surface area (Å²) in [5.41, 5.74) is 0. The van der Waals surface area contributed by atoms with Crippen LogP contribution >= 0.6 is 12.3 Å². The molecule has 0 radical (unpaired) electrons. The van der Waals surface area contributed by atoms with Crippen LogP contribution in [-0.4, -0.2) is 41.2 Å². The molecule has 0 aliphatic heterocycles. The Bertz CT molecular complexity index is 37.4. The minimum absolute atomic E-state index is 0. The molecule has 7 nitrogen and oxygen atoms in total. The van der Waals surface area contributed by atoms with Crippen molar-refractivity contribution in [2.45, 2.75) is 6.16 Å². The molecular weight excluding hydrogens is 179 g/mol. The Labute approximate surface area is 82.9 Å². The van der Waals surface area contributed by atoms with Crippen LogP contribution in [0.4, 0.5) is 0 Å². The van der Waals surface area contributed by atoms with Crippen molar-refractivity contribution in [2.24, 2.45) is 0 Å². The van der Waals surface area contributed by atoms with Gasteiger partial charge in [-0.15, -0.1) is 0 Å². The van der Waals surface area contributed by atoms with Crippen LogP contribution in [0.1, 0.15) is 0 Å². The maximum Gasteiger partial charge on any atom is 1.00 e. The number of hydrogen-bond donors (Lipinski definition) is 6. The van der Waals surface area contributed by atoms with Gasteiger partial charge in [0.15, 0.2) is 12.3 Å². The molecule has 0 aromatic rings. The summed E-state index contributed by atoms with van der Waals surface area (Å²) >= 11 is -0.250. The van der Waals surface area contributed by atoms with Gasteiger partial charge in [0, 0.05) is 0 Å². The topological polar surface area (TPSA) is 151 Å². The SMILES string of the molecule is OC(O)(O)O.OSO.[Na+].[OH-]. The Balaban J connectivity index is -0.0000000326. The van der Waals surface area contributed by atoms with Crippen molar-refractivity contribution < 1.29 is 64.6 Å². The van der Waals surface area contributed by atoms with Gasteiger partial charge in [-0.2, -0.15) is 0 Å². The summed E-state index contributed by atoms with van der Waals surface area (Å²) in [6.07, 6.45) is -3.50. The normalized spacial score (nSPS) is 7.80. The summed E-state index contributed by atoms with van der Waals surface area (Å²) in [6.45, 7) is 0. The molecule has 10 heavy (non-hydrogen) atoms. The summed E-state index contributed by atoms with van der Waals surface area (Å²) < 4.78 is 14.1. The summed E-state index contributed by atoms with van der Waals surface area (Å²) in [4.78, 5) is 0. The van der Waals surface area contributed by atoms with Gasteiger partial charge in [-0.3, -0.25) is 0 Å². The molecule has 0 heterocycles. The van der Waals surface area contributed by atoms with Crippen molar-refractivity contribution in [3.8, 4) is 0 Å². The van der Waals surface area contributed by atoms with E-state index < -0.39 is 6.16 Å². The third kappa shape index (κ3) is 516. The Kier molecular flexibility index (Phi) is 28.6. The minimum atomic E-state index is -3.50. The molecule has 60 valence electrons. The van der Waals surface area contributed by atoms with E-state index in [1.165, 1.54) is 0 Å². The Morgan fingerprint density at radius 1 is 0.900 bits per heavy atom. The van der Waals surface area contributed by atoms with Crippen LogP contribution in [0.2, 0.25) is 0 Å². The van der Waals surface area contributed by atoms with Crippen molar-refractivity contribution in [1.29, 1.82) is 0 Å². The second-order valence-corrected chi connectivity index (χ2v) is 0.845. The molecule has 9 heteroatoms. The third-order valence-electron chi connectivity index (χ3n) is 0. The second kappa shape index (κ2) is 12.7. The number of aliphatic hydroxyl groups is 4. The van der Waals surface area contributed by atoms with E-state index in [1.54, 1.807) is 0 Å². The molecule has 0 aromatic carbocycles. The number of rotatable bonds is 0. The molecule has 0 aliphatic rings. The van der Waals surface area contributed by atoms with Crippen molar-refractivity contribution in [1.82, 2.24) is 0 Å². The van der Waals surface area contributed by atoms with Crippen molar-refractivity contribution in [3.05, 3.63) is 0 Å². The fraction of sp³-hybridized carbons (Fsp3) is 1.00. The minimum Gasteiger partial charge on any atom is -0.870 e. The first-order valence-corrected chi connectivity index (χ1v) is 1.99. The quantitative estimate of drug-likeness (QED) is 0.125. The van der Waals surface area contributed by atoms with Crippen LogP contribution in [0, 0.1) is 0 Å². The Morgan fingerprint density at radius 3 is 0.900 bits per heavy atom. The average Bonchev–Trinajstić information content (AvgIpc) is 1.27. The zero-order valence-electron chi connectivity index (χ0n) is 5.04. The van der Waals surface area contributed by atoms with E-state index in [2.05, 4.69) is 0 Å². The van der Waals surface area contributed by atoms with Gasteiger partial charge in [0.05, 0.1) is 0 Å². The summed E-state index contributed by atoms with van der Waals surface area (Å²) in [6, 6.07) is 0. The fourth-order valence-corrected chi connectivity index (χ4v) is 0.